The molecule has 168 valence electrons. The van der Waals surface area contributed by atoms with Crippen LogP contribution in [0.5, 0.6) is 17.2 Å². The van der Waals surface area contributed by atoms with Crippen molar-refractivity contribution in [1.82, 2.24) is 20.2 Å². The van der Waals surface area contributed by atoms with Gasteiger partial charge in [0.1, 0.15) is 12.7 Å². The van der Waals surface area contributed by atoms with Crippen molar-refractivity contribution in [3.05, 3.63) is 60.2 Å². The molecule has 3 rings (SSSR count). The number of nitrogens with zero attached hydrogens (tertiary/aromatic N) is 4. The summed E-state index contributed by atoms with van der Waals surface area (Å²) in [5, 5.41) is 8.34. The van der Waals surface area contributed by atoms with Crippen molar-refractivity contribution in [3.63, 3.8) is 0 Å². The van der Waals surface area contributed by atoms with Gasteiger partial charge in [0, 0.05) is 5.56 Å². The Kier molecular flexibility index (Phi) is 7.80. The standard InChI is InChI=1S/C23H27N5O4/c1-5-30-20-12-18(13-21(31-6-2)22(20)32-7-3)23(29)27-26-16(4)17-8-10-19(11-9-17)28-15-24-14-25-28/h8-15H,5-7H2,1-4H3,(H,27,29)/b26-16+. The zero-order valence-electron chi connectivity index (χ0n) is 18.7. The number of amides is 1. The Morgan fingerprint density at radius 3 is 2.12 bits per heavy atom. The number of ether oxygens (including phenoxy) is 3. The van der Waals surface area contributed by atoms with Gasteiger partial charge in [-0.3, -0.25) is 4.79 Å². The minimum atomic E-state index is -0.381. The Labute approximate surface area is 187 Å². The van der Waals surface area contributed by atoms with Gasteiger partial charge in [0.25, 0.3) is 5.91 Å². The van der Waals surface area contributed by atoms with Crippen molar-refractivity contribution in [3.8, 4) is 22.9 Å². The fourth-order valence-corrected chi connectivity index (χ4v) is 2.98. The molecule has 9 heteroatoms. The summed E-state index contributed by atoms with van der Waals surface area (Å²) < 4.78 is 18.7. The molecular formula is C23H27N5O4. The number of aromatic nitrogens is 3. The summed E-state index contributed by atoms with van der Waals surface area (Å²) in [6.07, 6.45) is 3.10. The van der Waals surface area contributed by atoms with Crippen LogP contribution in [0.3, 0.4) is 0 Å². The number of benzene rings is 2. The third-order valence-electron chi connectivity index (χ3n) is 4.46. The zero-order chi connectivity index (χ0) is 22.9. The molecule has 1 amide bonds. The van der Waals surface area contributed by atoms with Crippen molar-refractivity contribution in [2.45, 2.75) is 27.7 Å². The molecular weight excluding hydrogens is 410 g/mol. The molecule has 0 unspecified atom stereocenters. The van der Waals surface area contributed by atoms with Gasteiger partial charge >= 0.3 is 0 Å². The van der Waals surface area contributed by atoms with Crippen LogP contribution in [0.15, 0.2) is 54.2 Å². The van der Waals surface area contributed by atoms with E-state index in [2.05, 4.69) is 20.6 Å². The lowest BCUT2D eigenvalue weighted by Gasteiger charge is -2.16. The molecule has 1 N–H and O–H groups in total. The first-order valence-corrected chi connectivity index (χ1v) is 10.4. The Morgan fingerprint density at radius 1 is 0.969 bits per heavy atom. The van der Waals surface area contributed by atoms with Crippen molar-refractivity contribution >= 4 is 11.6 Å². The third-order valence-corrected chi connectivity index (χ3v) is 4.46. The molecule has 0 aliphatic rings. The minimum absolute atomic E-state index is 0.360. The second-order valence-corrected chi connectivity index (χ2v) is 6.63. The van der Waals surface area contributed by atoms with Crippen molar-refractivity contribution in [1.29, 1.82) is 0 Å². The third kappa shape index (κ3) is 5.42. The summed E-state index contributed by atoms with van der Waals surface area (Å²) in [4.78, 5) is 16.7. The Morgan fingerprint density at radius 2 is 1.59 bits per heavy atom. The topological polar surface area (TPSA) is 99.9 Å². The summed E-state index contributed by atoms with van der Waals surface area (Å²) >= 11 is 0. The second-order valence-electron chi connectivity index (χ2n) is 6.63. The van der Waals surface area contributed by atoms with Crippen molar-refractivity contribution in [2.24, 2.45) is 5.10 Å². The highest BCUT2D eigenvalue weighted by molar-refractivity contribution is 6.01. The van der Waals surface area contributed by atoms with Crippen LogP contribution in [-0.4, -0.2) is 46.2 Å². The number of carbonyl (C=O) groups excluding carboxylic acids is 1. The minimum Gasteiger partial charge on any atom is -0.490 e. The summed E-state index contributed by atoms with van der Waals surface area (Å²) in [5.74, 6) is 1.01. The van der Waals surface area contributed by atoms with Gasteiger partial charge in [-0.1, -0.05) is 12.1 Å². The first kappa shape index (κ1) is 22.8. The lowest BCUT2D eigenvalue weighted by atomic mass is 10.1. The van der Waals surface area contributed by atoms with Gasteiger partial charge in [-0.05, 0) is 57.5 Å². The highest BCUT2D eigenvalue weighted by Crippen LogP contribution is 2.39. The maximum Gasteiger partial charge on any atom is 0.271 e. The SMILES string of the molecule is CCOc1cc(C(=O)N/N=C(\C)c2ccc(-n3cncn3)cc2)cc(OCC)c1OCC. The van der Waals surface area contributed by atoms with Crippen LogP contribution >= 0.6 is 0 Å². The molecule has 0 bridgehead atoms. The van der Waals surface area contributed by atoms with Crippen molar-refractivity contribution in [2.75, 3.05) is 19.8 Å². The maximum absolute atomic E-state index is 12.8. The highest BCUT2D eigenvalue weighted by atomic mass is 16.5. The summed E-state index contributed by atoms with van der Waals surface area (Å²) in [6.45, 7) is 8.74. The predicted octanol–water partition coefficient (Wildman–Crippen LogP) is 3.62. The predicted molar refractivity (Wildman–Crippen MR) is 121 cm³/mol. The normalized spacial score (nSPS) is 11.2. The molecule has 0 saturated heterocycles. The lowest BCUT2D eigenvalue weighted by Crippen LogP contribution is -2.20. The van der Waals surface area contributed by atoms with E-state index < -0.39 is 0 Å². The lowest BCUT2D eigenvalue weighted by molar-refractivity contribution is 0.0953. The molecule has 1 heterocycles. The molecule has 32 heavy (non-hydrogen) atoms. The average molecular weight is 438 g/mol. The van der Waals surface area contributed by atoms with E-state index in [1.54, 1.807) is 23.1 Å². The molecule has 0 radical (unpaired) electrons. The largest absolute Gasteiger partial charge is 0.490 e. The van der Waals surface area contributed by atoms with Crippen LogP contribution in [0.1, 0.15) is 43.6 Å². The van der Waals surface area contributed by atoms with E-state index >= 15 is 0 Å². The second kappa shape index (κ2) is 10.9. The van der Waals surface area contributed by atoms with E-state index in [-0.39, 0.29) is 5.91 Å². The summed E-state index contributed by atoms with van der Waals surface area (Å²) in [6, 6.07) is 10.9. The van der Waals surface area contributed by atoms with Gasteiger partial charge < -0.3 is 14.2 Å². The molecule has 3 aromatic rings. The van der Waals surface area contributed by atoms with Crippen molar-refractivity contribution < 1.29 is 19.0 Å². The number of rotatable bonds is 10. The molecule has 9 nitrogen and oxygen atoms in total. The molecule has 0 spiro atoms. The van der Waals surface area contributed by atoms with Gasteiger partial charge in [0.05, 0.1) is 31.2 Å². The molecule has 0 saturated carbocycles. The highest BCUT2D eigenvalue weighted by Gasteiger charge is 2.18. The van der Waals surface area contributed by atoms with Crippen LogP contribution in [-0.2, 0) is 0 Å². The molecule has 0 aliphatic carbocycles. The van der Waals surface area contributed by atoms with E-state index in [1.165, 1.54) is 6.33 Å². The van der Waals surface area contributed by atoms with Gasteiger partial charge in [-0.2, -0.15) is 10.2 Å². The van der Waals surface area contributed by atoms with Gasteiger partial charge in [-0.15, -0.1) is 0 Å². The molecule has 1 aromatic heterocycles. The van der Waals surface area contributed by atoms with E-state index in [9.17, 15) is 4.79 Å². The number of hydrogen-bond donors (Lipinski definition) is 1. The fraction of sp³-hybridized carbons (Fsp3) is 0.304. The van der Waals surface area contributed by atoms with E-state index in [4.69, 9.17) is 14.2 Å². The van der Waals surface area contributed by atoms with Gasteiger partial charge in [0.15, 0.2) is 11.5 Å². The smallest absolute Gasteiger partial charge is 0.271 e. The number of carbonyl (C=O) groups is 1. The first-order valence-electron chi connectivity index (χ1n) is 10.4. The molecule has 0 atom stereocenters. The van der Waals surface area contributed by atoms with E-state index in [0.717, 1.165) is 11.3 Å². The van der Waals surface area contributed by atoms with Crippen LogP contribution < -0.4 is 19.6 Å². The quantitative estimate of drug-likeness (QED) is 0.384. The number of nitrogens with one attached hydrogen (secondary N) is 1. The number of hydrogen-bond acceptors (Lipinski definition) is 7. The summed E-state index contributed by atoms with van der Waals surface area (Å²) in [5.41, 5.74) is 5.36. The maximum atomic E-state index is 12.8. The number of hydrazone groups is 1. The molecule has 0 aliphatic heterocycles. The van der Waals surface area contributed by atoms with Crippen LogP contribution in [0.25, 0.3) is 5.69 Å². The average Bonchev–Trinajstić information content (AvgIpc) is 3.34. The van der Waals surface area contributed by atoms with Gasteiger partial charge in [0.2, 0.25) is 5.75 Å². The van der Waals surface area contributed by atoms with Crippen LogP contribution in [0.4, 0.5) is 0 Å². The fourth-order valence-electron chi connectivity index (χ4n) is 2.98. The summed E-state index contributed by atoms with van der Waals surface area (Å²) in [7, 11) is 0. The monoisotopic (exact) mass is 437 g/mol. The Balaban J connectivity index is 1.78. The molecule has 2 aromatic carbocycles. The van der Waals surface area contributed by atoms with E-state index in [1.807, 2.05) is 52.0 Å². The van der Waals surface area contributed by atoms with Gasteiger partial charge in [-0.25, -0.2) is 15.1 Å². The molecule has 0 fully saturated rings. The van der Waals surface area contributed by atoms with E-state index in [0.29, 0.717) is 48.3 Å². The van der Waals surface area contributed by atoms with Crippen LogP contribution in [0.2, 0.25) is 0 Å². The first-order chi connectivity index (χ1) is 15.6. The zero-order valence-corrected chi connectivity index (χ0v) is 18.7. The Bertz CT molecular complexity index is 1040. The van der Waals surface area contributed by atoms with Crippen LogP contribution in [0, 0.1) is 0 Å². The Hall–Kier alpha value is -3.88.